The number of rotatable bonds is 1. The molecule has 0 unspecified atom stereocenters. The molecule has 3 nitrogen and oxygen atoms in total. The maximum Gasteiger partial charge on any atom is 0.194 e. The molecule has 0 aromatic carbocycles. The fraction of sp³-hybridized carbons (Fsp3) is 0.143. The molecule has 0 spiro atoms. The van der Waals surface area contributed by atoms with Crippen molar-refractivity contribution in [2.45, 2.75) is 6.92 Å². The summed E-state index contributed by atoms with van der Waals surface area (Å²) in [6.07, 6.45) is 1.93. The van der Waals surface area contributed by atoms with E-state index in [0.717, 1.165) is 16.3 Å². The minimum absolute atomic E-state index is 0.401. The molecule has 62 valence electrons. The number of thiocarbonyl (C=S) groups is 1. The number of nitrogens with two attached hydrogens (primary N) is 1. The summed E-state index contributed by atoms with van der Waals surface area (Å²) in [5.41, 5.74) is 7.31. The average Bonchev–Trinajstić information content (AvgIpc) is 2.44. The predicted octanol–water partition coefficient (Wildman–Crippen LogP) is 1.34. The fourth-order valence-electron chi connectivity index (χ4n) is 1.19. The molecular weight excluding hydrogens is 190 g/mol. The first-order valence-corrected chi connectivity index (χ1v) is 4.71. The van der Waals surface area contributed by atoms with Crippen LogP contribution in [0.1, 0.15) is 11.4 Å². The standard InChI is InChI=1S/C7H7N3S2/c1-4-5(6(8)11)10-2-3-12-7(10)9-4/h2-3H,1H3,(H2,8,11). The third-order valence-electron chi connectivity index (χ3n) is 1.67. The number of thiazole rings is 1. The van der Waals surface area contributed by atoms with Crippen LogP contribution in [0, 0.1) is 6.92 Å². The van der Waals surface area contributed by atoms with Crippen molar-refractivity contribution in [1.82, 2.24) is 9.38 Å². The third kappa shape index (κ3) is 0.937. The van der Waals surface area contributed by atoms with E-state index in [9.17, 15) is 0 Å². The van der Waals surface area contributed by atoms with Crippen molar-refractivity contribution in [2.24, 2.45) is 5.73 Å². The first kappa shape index (κ1) is 7.70. The van der Waals surface area contributed by atoms with Crippen LogP contribution < -0.4 is 5.73 Å². The van der Waals surface area contributed by atoms with Crippen LogP contribution >= 0.6 is 23.6 Å². The zero-order valence-electron chi connectivity index (χ0n) is 6.44. The van der Waals surface area contributed by atoms with Gasteiger partial charge in [0.05, 0.1) is 5.69 Å². The summed E-state index contributed by atoms with van der Waals surface area (Å²) < 4.78 is 1.92. The van der Waals surface area contributed by atoms with Crippen molar-refractivity contribution < 1.29 is 0 Å². The van der Waals surface area contributed by atoms with E-state index in [1.165, 1.54) is 0 Å². The lowest BCUT2D eigenvalue weighted by Gasteiger charge is -1.95. The highest BCUT2D eigenvalue weighted by molar-refractivity contribution is 7.80. The number of hydrogen-bond donors (Lipinski definition) is 1. The van der Waals surface area contributed by atoms with E-state index in [0.29, 0.717) is 4.99 Å². The molecule has 0 saturated heterocycles. The maximum absolute atomic E-state index is 5.56. The highest BCUT2D eigenvalue weighted by Crippen LogP contribution is 2.16. The largest absolute Gasteiger partial charge is 0.388 e. The quantitative estimate of drug-likeness (QED) is 0.701. The Morgan fingerprint density at radius 2 is 2.50 bits per heavy atom. The number of fused-ring (bicyclic) bond motifs is 1. The number of imidazole rings is 1. The Morgan fingerprint density at radius 3 is 3.17 bits per heavy atom. The van der Waals surface area contributed by atoms with Crippen molar-refractivity contribution >= 4 is 33.5 Å². The minimum Gasteiger partial charge on any atom is -0.388 e. The van der Waals surface area contributed by atoms with Crippen LogP contribution in [0.25, 0.3) is 4.96 Å². The summed E-state index contributed by atoms with van der Waals surface area (Å²) in [5, 5.41) is 1.96. The normalized spacial score (nSPS) is 10.8. The highest BCUT2D eigenvalue weighted by Gasteiger charge is 2.10. The van der Waals surface area contributed by atoms with Crippen LogP contribution in [0.2, 0.25) is 0 Å². The number of hydrogen-bond acceptors (Lipinski definition) is 3. The molecule has 0 bridgehead atoms. The number of aromatic nitrogens is 2. The third-order valence-corrected chi connectivity index (χ3v) is 2.62. The fourth-order valence-corrected chi connectivity index (χ4v) is 2.20. The van der Waals surface area contributed by atoms with E-state index in [-0.39, 0.29) is 0 Å². The Kier molecular flexibility index (Phi) is 1.62. The molecule has 2 aromatic heterocycles. The van der Waals surface area contributed by atoms with Crippen molar-refractivity contribution in [1.29, 1.82) is 0 Å². The van der Waals surface area contributed by atoms with E-state index >= 15 is 0 Å². The van der Waals surface area contributed by atoms with Crippen LogP contribution in [0.4, 0.5) is 0 Å². The Morgan fingerprint density at radius 1 is 1.75 bits per heavy atom. The van der Waals surface area contributed by atoms with E-state index in [4.69, 9.17) is 18.0 Å². The Labute approximate surface area is 78.8 Å². The molecule has 0 aliphatic rings. The van der Waals surface area contributed by atoms with E-state index in [1.807, 2.05) is 22.9 Å². The van der Waals surface area contributed by atoms with Gasteiger partial charge in [0.1, 0.15) is 10.7 Å². The van der Waals surface area contributed by atoms with Gasteiger partial charge in [-0.3, -0.25) is 4.40 Å². The number of nitrogens with zero attached hydrogens (tertiary/aromatic N) is 2. The molecule has 5 heteroatoms. The van der Waals surface area contributed by atoms with Gasteiger partial charge in [0.15, 0.2) is 4.96 Å². The van der Waals surface area contributed by atoms with Gasteiger partial charge in [-0.25, -0.2) is 4.98 Å². The number of aryl methyl sites for hydroxylation is 1. The van der Waals surface area contributed by atoms with Crippen molar-refractivity contribution in [3.8, 4) is 0 Å². The topological polar surface area (TPSA) is 43.3 Å². The average molecular weight is 197 g/mol. The zero-order valence-corrected chi connectivity index (χ0v) is 8.08. The SMILES string of the molecule is Cc1nc2sccn2c1C(N)=S. The van der Waals surface area contributed by atoms with Gasteiger partial charge >= 0.3 is 0 Å². The monoisotopic (exact) mass is 197 g/mol. The van der Waals surface area contributed by atoms with Crippen LogP contribution in [-0.2, 0) is 0 Å². The predicted molar refractivity (Wildman–Crippen MR) is 53.7 cm³/mol. The van der Waals surface area contributed by atoms with E-state index < -0.39 is 0 Å². The van der Waals surface area contributed by atoms with Crippen molar-refractivity contribution in [3.63, 3.8) is 0 Å². The molecule has 0 fully saturated rings. The molecule has 0 atom stereocenters. The van der Waals surface area contributed by atoms with Gasteiger partial charge in [-0.1, -0.05) is 12.2 Å². The lowest BCUT2D eigenvalue weighted by molar-refractivity contribution is 1.19. The minimum atomic E-state index is 0.401. The summed E-state index contributed by atoms with van der Waals surface area (Å²) in [5.74, 6) is 0. The molecule has 0 radical (unpaired) electrons. The molecular formula is C7H7N3S2. The van der Waals surface area contributed by atoms with Crippen LogP contribution in [-0.4, -0.2) is 14.4 Å². The summed E-state index contributed by atoms with van der Waals surface area (Å²) in [4.78, 5) is 5.65. The summed E-state index contributed by atoms with van der Waals surface area (Å²) in [6.45, 7) is 1.91. The van der Waals surface area contributed by atoms with Crippen LogP contribution in [0.5, 0.6) is 0 Å². The van der Waals surface area contributed by atoms with Gasteiger partial charge in [-0.05, 0) is 6.92 Å². The van der Waals surface area contributed by atoms with E-state index in [2.05, 4.69) is 4.98 Å². The van der Waals surface area contributed by atoms with Gasteiger partial charge in [0.25, 0.3) is 0 Å². The second-order valence-electron chi connectivity index (χ2n) is 2.47. The van der Waals surface area contributed by atoms with Crippen LogP contribution in [0.15, 0.2) is 11.6 Å². The molecule has 0 amide bonds. The summed E-state index contributed by atoms with van der Waals surface area (Å²) in [6, 6.07) is 0. The molecule has 2 N–H and O–H groups in total. The highest BCUT2D eigenvalue weighted by atomic mass is 32.1. The Balaban J connectivity index is 2.84. The van der Waals surface area contributed by atoms with Gasteiger partial charge in [-0.2, -0.15) is 0 Å². The molecule has 0 aliphatic heterocycles. The first-order valence-electron chi connectivity index (χ1n) is 3.42. The maximum atomic E-state index is 5.56. The zero-order chi connectivity index (χ0) is 8.72. The summed E-state index contributed by atoms with van der Waals surface area (Å²) in [7, 11) is 0. The summed E-state index contributed by atoms with van der Waals surface area (Å²) >= 11 is 6.49. The van der Waals surface area contributed by atoms with Crippen molar-refractivity contribution in [2.75, 3.05) is 0 Å². The molecule has 2 heterocycles. The lowest BCUT2D eigenvalue weighted by atomic mass is 10.3. The van der Waals surface area contributed by atoms with Crippen LogP contribution in [0.3, 0.4) is 0 Å². The second-order valence-corrected chi connectivity index (χ2v) is 3.78. The molecule has 0 aliphatic carbocycles. The second kappa shape index (κ2) is 2.53. The van der Waals surface area contributed by atoms with Gasteiger partial charge in [-0.15, -0.1) is 11.3 Å². The molecule has 2 rings (SSSR count). The smallest absolute Gasteiger partial charge is 0.194 e. The van der Waals surface area contributed by atoms with E-state index in [1.54, 1.807) is 11.3 Å². The molecule has 2 aromatic rings. The Hall–Kier alpha value is -0.940. The van der Waals surface area contributed by atoms with Gasteiger partial charge in [0, 0.05) is 11.6 Å². The lowest BCUT2D eigenvalue weighted by Crippen LogP contribution is -2.13. The van der Waals surface area contributed by atoms with Gasteiger partial charge < -0.3 is 5.73 Å². The first-order chi connectivity index (χ1) is 5.70. The Bertz CT molecular complexity index is 440. The van der Waals surface area contributed by atoms with Crippen molar-refractivity contribution in [3.05, 3.63) is 23.0 Å². The molecule has 0 saturated carbocycles. The van der Waals surface area contributed by atoms with Gasteiger partial charge in [0.2, 0.25) is 0 Å². The molecule has 12 heavy (non-hydrogen) atoms.